The Hall–Kier alpha value is -1.56. The molecule has 6 heteroatoms. The number of rotatable bonds is 2. The van der Waals surface area contributed by atoms with Crippen molar-refractivity contribution in [2.75, 3.05) is 13.1 Å². The predicted octanol–water partition coefficient (Wildman–Crippen LogP) is -0.815. The highest BCUT2D eigenvalue weighted by molar-refractivity contribution is 5.92. The van der Waals surface area contributed by atoms with Crippen molar-refractivity contribution in [2.45, 2.75) is 18.9 Å². The quantitative estimate of drug-likeness (QED) is 0.514. The average molecular weight is 210 g/mol. The summed E-state index contributed by atoms with van der Waals surface area (Å²) in [4.78, 5) is 27.2. The lowest BCUT2D eigenvalue weighted by Gasteiger charge is -2.23. The number of hydrogen-bond donors (Lipinski definition) is 4. The molecule has 1 fully saturated rings. The summed E-state index contributed by atoms with van der Waals surface area (Å²) in [5.74, 6) is -0.234. The Labute approximate surface area is 86.5 Å². The highest BCUT2D eigenvalue weighted by Gasteiger charge is 2.16. The third kappa shape index (κ3) is 2.47. The Kier molecular flexibility index (Phi) is 2.86. The van der Waals surface area contributed by atoms with Gasteiger partial charge in [0.05, 0.1) is 0 Å². The smallest absolute Gasteiger partial charge is 0.323 e. The maximum Gasteiger partial charge on any atom is 0.323 e. The Morgan fingerprint density at radius 1 is 1.53 bits per heavy atom. The van der Waals surface area contributed by atoms with E-state index in [0.29, 0.717) is 0 Å². The zero-order valence-corrected chi connectivity index (χ0v) is 8.30. The van der Waals surface area contributed by atoms with Crippen LogP contribution in [0.3, 0.4) is 0 Å². The first-order chi connectivity index (χ1) is 7.25. The molecule has 1 aromatic heterocycles. The first kappa shape index (κ1) is 9.97. The predicted molar refractivity (Wildman–Crippen MR) is 54.8 cm³/mol. The van der Waals surface area contributed by atoms with Crippen molar-refractivity contribution in [1.82, 2.24) is 20.6 Å². The third-order valence-corrected chi connectivity index (χ3v) is 2.47. The topological polar surface area (TPSA) is 89.8 Å². The summed E-state index contributed by atoms with van der Waals surface area (Å²) in [7, 11) is 0. The molecule has 1 aliphatic rings. The lowest BCUT2D eigenvalue weighted by atomic mass is 10.1. The van der Waals surface area contributed by atoms with Crippen molar-refractivity contribution in [1.29, 1.82) is 0 Å². The molecule has 2 rings (SSSR count). The van der Waals surface area contributed by atoms with E-state index in [-0.39, 0.29) is 23.3 Å². The van der Waals surface area contributed by atoms with Gasteiger partial charge in [-0.25, -0.2) is 4.79 Å². The molecule has 15 heavy (non-hydrogen) atoms. The molecule has 6 nitrogen and oxygen atoms in total. The van der Waals surface area contributed by atoms with Crippen LogP contribution < -0.4 is 16.3 Å². The molecule has 0 aliphatic carbocycles. The number of aromatic nitrogens is 2. The van der Waals surface area contributed by atoms with Gasteiger partial charge in [0, 0.05) is 18.8 Å². The molecule has 1 atom stereocenters. The van der Waals surface area contributed by atoms with Crippen LogP contribution in [0.2, 0.25) is 0 Å². The minimum absolute atomic E-state index is 0.157. The molecule has 0 radical (unpaired) electrons. The highest BCUT2D eigenvalue weighted by Crippen LogP contribution is 2.02. The van der Waals surface area contributed by atoms with Crippen LogP contribution in [0.4, 0.5) is 0 Å². The number of carbonyl (C=O) groups is 1. The molecular formula is C9H14N4O2. The fourth-order valence-corrected chi connectivity index (χ4v) is 1.69. The summed E-state index contributed by atoms with van der Waals surface area (Å²) in [6.45, 7) is 1.80. The summed E-state index contributed by atoms with van der Waals surface area (Å²) < 4.78 is 0. The summed E-state index contributed by atoms with van der Waals surface area (Å²) in [6, 6.07) is 0.157. The zero-order chi connectivity index (χ0) is 10.7. The molecular weight excluding hydrogens is 196 g/mol. The molecule has 0 bridgehead atoms. The number of carbonyl (C=O) groups excluding carboxylic acids is 1. The van der Waals surface area contributed by atoms with Crippen LogP contribution in [0.25, 0.3) is 0 Å². The van der Waals surface area contributed by atoms with Gasteiger partial charge < -0.3 is 20.6 Å². The fraction of sp³-hybridized carbons (Fsp3) is 0.556. The van der Waals surface area contributed by atoms with E-state index in [4.69, 9.17) is 0 Å². The van der Waals surface area contributed by atoms with E-state index in [1.54, 1.807) is 0 Å². The molecule has 1 aromatic rings. The first-order valence-electron chi connectivity index (χ1n) is 5.05. The van der Waals surface area contributed by atoms with Gasteiger partial charge in [0.25, 0.3) is 5.91 Å². The van der Waals surface area contributed by atoms with Gasteiger partial charge >= 0.3 is 5.69 Å². The van der Waals surface area contributed by atoms with Gasteiger partial charge in [0.1, 0.15) is 5.69 Å². The number of piperidine rings is 1. The van der Waals surface area contributed by atoms with E-state index in [1.165, 1.54) is 6.20 Å². The lowest BCUT2D eigenvalue weighted by molar-refractivity contribution is 0.0926. The van der Waals surface area contributed by atoms with Crippen molar-refractivity contribution < 1.29 is 4.79 Å². The second kappa shape index (κ2) is 4.31. The zero-order valence-electron chi connectivity index (χ0n) is 8.30. The van der Waals surface area contributed by atoms with Crippen LogP contribution in [0.15, 0.2) is 11.0 Å². The fourth-order valence-electron chi connectivity index (χ4n) is 1.69. The molecule has 1 amide bonds. The Morgan fingerprint density at radius 3 is 3.00 bits per heavy atom. The molecule has 0 aromatic carbocycles. The van der Waals surface area contributed by atoms with Crippen LogP contribution >= 0.6 is 0 Å². The van der Waals surface area contributed by atoms with Crippen molar-refractivity contribution in [2.24, 2.45) is 0 Å². The van der Waals surface area contributed by atoms with Gasteiger partial charge in [-0.3, -0.25) is 4.79 Å². The van der Waals surface area contributed by atoms with Crippen molar-refractivity contribution >= 4 is 5.91 Å². The largest absolute Gasteiger partial charge is 0.347 e. The van der Waals surface area contributed by atoms with Gasteiger partial charge in [0.15, 0.2) is 0 Å². The van der Waals surface area contributed by atoms with Crippen molar-refractivity contribution in [3.8, 4) is 0 Å². The Bertz CT molecular complexity index is 389. The molecule has 2 heterocycles. The Morgan fingerprint density at radius 2 is 2.40 bits per heavy atom. The van der Waals surface area contributed by atoms with E-state index in [0.717, 1.165) is 25.9 Å². The standard InChI is InChI=1S/C9H14N4O2/c14-8(7-5-11-9(15)13-7)12-6-2-1-3-10-4-6/h5-6,10H,1-4H2,(H,12,14)(H2,11,13,15). The first-order valence-corrected chi connectivity index (χ1v) is 5.05. The van der Waals surface area contributed by atoms with Crippen LogP contribution in [-0.2, 0) is 0 Å². The summed E-state index contributed by atoms with van der Waals surface area (Å²) in [5.41, 5.74) is -0.0764. The summed E-state index contributed by atoms with van der Waals surface area (Å²) in [6.07, 6.45) is 3.43. The lowest BCUT2D eigenvalue weighted by Crippen LogP contribution is -2.45. The van der Waals surface area contributed by atoms with Crippen LogP contribution in [0, 0.1) is 0 Å². The van der Waals surface area contributed by atoms with Gasteiger partial charge in [-0.05, 0) is 19.4 Å². The average Bonchev–Trinajstić information content (AvgIpc) is 2.66. The minimum Gasteiger partial charge on any atom is -0.347 e. The van der Waals surface area contributed by atoms with Gasteiger partial charge in [0.2, 0.25) is 0 Å². The normalized spacial score (nSPS) is 21.2. The number of H-pyrrole nitrogens is 2. The molecule has 82 valence electrons. The molecule has 0 spiro atoms. The molecule has 0 saturated carbocycles. The van der Waals surface area contributed by atoms with Crippen molar-refractivity contribution in [3.63, 3.8) is 0 Å². The molecule has 4 N–H and O–H groups in total. The van der Waals surface area contributed by atoms with Gasteiger partial charge in [-0.1, -0.05) is 0 Å². The number of nitrogens with one attached hydrogen (secondary N) is 4. The van der Waals surface area contributed by atoms with E-state index in [1.807, 2.05) is 0 Å². The SMILES string of the molecule is O=C(NC1CCCNC1)c1c[nH]c(=O)[nH]1. The molecule has 1 saturated heterocycles. The number of amides is 1. The minimum atomic E-state index is -0.359. The maximum absolute atomic E-state index is 11.6. The van der Waals surface area contributed by atoms with E-state index in [9.17, 15) is 9.59 Å². The second-order valence-electron chi connectivity index (χ2n) is 3.67. The summed E-state index contributed by atoms with van der Waals surface area (Å²) >= 11 is 0. The number of hydrogen-bond acceptors (Lipinski definition) is 3. The monoisotopic (exact) mass is 210 g/mol. The van der Waals surface area contributed by atoms with Gasteiger partial charge in [-0.2, -0.15) is 0 Å². The van der Waals surface area contributed by atoms with Crippen molar-refractivity contribution in [3.05, 3.63) is 22.4 Å². The number of aromatic amines is 2. The Balaban J connectivity index is 1.94. The maximum atomic E-state index is 11.6. The van der Waals surface area contributed by atoms with E-state index < -0.39 is 0 Å². The summed E-state index contributed by atoms with van der Waals surface area (Å²) in [5, 5.41) is 6.06. The van der Waals surface area contributed by atoms with Crippen LogP contribution in [-0.4, -0.2) is 35.0 Å². The molecule has 1 aliphatic heterocycles. The third-order valence-electron chi connectivity index (χ3n) is 2.47. The van der Waals surface area contributed by atoms with Crippen LogP contribution in [0.5, 0.6) is 0 Å². The van der Waals surface area contributed by atoms with E-state index in [2.05, 4.69) is 20.6 Å². The van der Waals surface area contributed by atoms with Crippen LogP contribution in [0.1, 0.15) is 23.3 Å². The van der Waals surface area contributed by atoms with E-state index >= 15 is 0 Å². The van der Waals surface area contributed by atoms with Gasteiger partial charge in [-0.15, -0.1) is 0 Å². The second-order valence-corrected chi connectivity index (χ2v) is 3.67. The highest BCUT2D eigenvalue weighted by atomic mass is 16.2. The molecule has 1 unspecified atom stereocenters. The number of imidazole rings is 1.